The zero-order valence-corrected chi connectivity index (χ0v) is 56.3. The number of esters is 2. The van der Waals surface area contributed by atoms with Crippen molar-refractivity contribution in [1.82, 2.24) is 0 Å². The maximum atomic E-state index is 12.8. The molecule has 0 heterocycles. The van der Waals surface area contributed by atoms with E-state index in [1.54, 1.807) is 0 Å². The lowest BCUT2D eigenvalue weighted by Crippen LogP contribution is -2.29. The number of hydrogen-bond donors (Lipinski definition) is 2. The van der Waals surface area contributed by atoms with E-state index in [1.807, 2.05) is 0 Å². The molecule has 10 heteroatoms. The zero-order chi connectivity index (χ0) is 63.0. The first-order valence-corrected chi connectivity index (χ1v) is 36.5. The van der Waals surface area contributed by atoms with E-state index in [9.17, 15) is 19.0 Å². The molecule has 494 valence electrons. The molecule has 0 aromatic carbocycles. The van der Waals surface area contributed by atoms with E-state index in [-0.39, 0.29) is 38.6 Å². The van der Waals surface area contributed by atoms with Crippen LogP contribution in [0.1, 0.15) is 284 Å². The molecule has 0 bridgehead atoms. The Balaban J connectivity index is 3.93. The fourth-order valence-electron chi connectivity index (χ4n) is 9.33. The lowest BCUT2D eigenvalue weighted by atomic mass is 10.0. The first-order valence-electron chi connectivity index (χ1n) is 35.0. The van der Waals surface area contributed by atoms with Gasteiger partial charge in [0.1, 0.15) is 6.61 Å². The summed E-state index contributed by atoms with van der Waals surface area (Å²) in [5, 5.41) is 0. The van der Waals surface area contributed by atoms with E-state index in [4.69, 9.17) is 24.3 Å². The minimum Gasteiger partial charge on any atom is -0.462 e. The van der Waals surface area contributed by atoms with Crippen LogP contribution in [0.2, 0.25) is 0 Å². The van der Waals surface area contributed by atoms with E-state index < -0.39 is 26.5 Å². The zero-order valence-electron chi connectivity index (χ0n) is 55.4. The number of ether oxygens (including phenoxy) is 2. The number of hydrogen-bond acceptors (Lipinski definition) is 8. The van der Waals surface area contributed by atoms with Crippen LogP contribution < -0.4 is 5.73 Å². The van der Waals surface area contributed by atoms with E-state index in [0.29, 0.717) is 6.42 Å². The summed E-state index contributed by atoms with van der Waals surface area (Å²) in [6.07, 6.45) is 103. The normalized spacial score (nSPS) is 13.9. The Morgan fingerprint density at radius 1 is 0.345 bits per heavy atom. The van der Waals surface area contributed by atoms with Crippen molar-refractivity contribution in [2.24, 2.45) is 5.73 Å². The maximum absolute atomic E-state index is 12.8. The molecule has 0 aromatic rings. The van der Waals surface area contributed by atoms with Gasteiger partial charge >= 0.3 is 19.8 Å². The Bertz CT molecular complexity index is 1980. The quantitative estimate of drug-likeness (QED) is 0.0264. The molecule has 0 saturated heterocycles. The van der Waals surface area contributed by atoms with Gasteiger partial charge in [0.2, 0.25) is 0 Å². The van der Waals surface area contributed by atoms with Crippen LogP contribution in [-0.2, 0) is 32.7 Å². The smallest absolute Gasteiger partial charge is 0.462 e. The van der Waals surface area contributed by atoms with Crippen molar-refractivity contribution in [3.63, 3.8) is 0 Å². The Labute approximate surface area is 534 Å². The highest BCUT2D eigenvalue weighted by molar-refractivity contribution is 7.47. The predicted molar refractivity (Wildman–Crippen MR) is 376 cm³/mol. The standard InChI is InChI=1S/C77H128NO8P/c1-3-5-7-9-11-13-15-17-19-21-23-25-27-29-31-33-35-36-37-38-40-41-43-45-47-49-51-53-55-57-59-61-63-65-67-69-76(79)83-73-75(74-85-87(81,82)84-72-71-78)86-77(80)70-68-66-64-62-60-58-56-54-52-50-48-46-44-42-39-34-32-30-28-26-24-22-20-18-16-14-12-10-8-6-4-2/h5-8,11-14,17-20,23-26,29-32,35-36,39,42,46,48,75H,3-4,9-10,15-16,21-22,27-28,33-34,37-38,40-41,43-45,47,49-74,78H2,1-2H3,(H,81,82)/b7-5-,8-6-,13-11-,14-12-,19-17-,20-18-,25-23-,26-24-,31-29-,32-30-,36-35-,42-39-,48-46-. The van der Waals surface area contributed by atoms with Crippen LogP contribution in [0.25, 0.3) is 0 Å². The lowest BCUT2D eigenvalue weighted by Gasteiger charge is -2.19. The fraction of sp³-hybridized carbons (Fsp3) is 0.636. The first-order chi connectivity index (χ1) is 42.8. The SMILES string of the molecule is CC/C=C\C/C=C\C/C=C\C/C=C\C/C=C\C/C=C\C/C=C\CCCCCCCCCCCC(=O)OC(COC(=O)CCCCCCCCCCCCCCCCCC/C=C\C/C=C\C/C=C\C/C=C\C/C=C\C/C=C\CC)COP(=O)(O)OCCN. The van der Waals surface area contributed by atoms with Gasteiger partial charge in [-0.15, -0.1) is 0 Å². The van der Waals surface area contributed by atoms with E-state index in [2.05, 4.69) is 172 Å². The molecular formula is C77H128NO8P. The highest BCUT2D eigenvalue weighted by Gasteiger charge is 2.26. The molecule has 87 heavy (non-hydrogen) atoms. The largest absolute Gasteiger partial charge is 0.472 e. The summed E-state index contributed by atoms with van der Waals surface area (Å²) in [7, 11) is -4.41. The van der Waals surface area contributed by atoms with Crippen molar-refractivity contribution in [2.45, 2.75) is 290 Å². The van der Waals surface area contributed by atoms with Crippen molar-refractivity contribution in [2.75, 3.05) is 26.4 Å². The molecule has 0 aliphatic rings. The summed E-state index contributed by atoms with van der Waals surface area (Å²) < 4.78 is 33.2. The number of carbonyl (C=O) groups excluding carboxylic acids is 2. The topological polar surface area (TPSA) is 134 Å². The molecule has 2 atom stereocenters. The monoisotopic (exact) mass is 1230 g/mol. The second-order valence-corrected chi connectivity index (χ2v) is 24.1. The van der Waals surface area contributed by atoms with Crippen LogP contribution in [-0.4, -0.2) is 49.3 Å². The summed E-state index contributed by atoms with van der Waals surface area (Å²) in [6, 6.07) is 0. The molecular weight excluding hydrogens is 1100 g/mol. The van der Waals surface area contributed by atoms with Crippen molar-refractivity contribution in [3.8, 4) is 0 Å². The molecule has 9 nitrogen and oxygen atoms in total. The summed E-state index contributed by atoms with van der Waals surface area (Å²) in [5.74, 6) is -0.837. The van der Waals surface area contributed by atoms with E-state index in [1.165, 1.54) is 122 Å². The number of phosphoric ester groups is 1. The average Bonchev–Trinajstić information content (AvgIpc) is 3.66. The Morgan fingerprint density at radius 3 is 0.885 bits per heavy atom. The molecule has 3 N–H and O–H groups in total. The van der Waals surface area contributed by atoms with Gasteiger partial charge in [-0.2, -0.15) is 0 Å². The molecule has 0 saturated carbocycles. The second kappa shape index (κ2) is 70.7. The van der Waals surface area contributed by atoms with Crippen LogP contribution in [0, 0.1) is 0 Å². The molecule has 0 fully saturated rings. The summed E-state index contributed by atoms with van der Waals surface area (Å²) in [6.45, 7) is 3.51. The molecule has 0 amide bonds. The average molecular weight is 1230 g/mol. The molecule has 0 aliphatic carbocycles. The Kier molecular flexibility index (Phi) is 67.2. The minimum absolute atomic E-state index is 0.0458. The molecule has 0 aliphatic heterocycles. The summed E-state index contributed by atoms with van der Waals surface area (Å²) in [5.41, 5.74) is 5.40. The van der Waals surface area contributed by atoms with Crippen molar-refractivity contribution in [1.29, 1.82) is 0 Å². The van der Waals surface area contributed by atoms with Crippen LogP contribution in [0.5, 0.6) is 0 Å². The molecule has 0 radical (unpaired) electrons. The number of rotatable bonds is 64. The van der Waals surface area contributed by atoms with E-state index in [0.717, 1.165) is 128 Å². The van der Waals surface area contributed by atoms with Crippen molar-refractivity contribution >= 4 is 19.8 Å². The minimum atomic E-state index is -4.41. The van der Waals surface area contributed by atoms with Gasteiger partial charge in [0.15, 0.2) is 6.10 Å². The highest BCUT2D eigenvalue weighted by atomic mass is 31.2. The third kappa shape index (κ3) is 70.6. The first kappa shape index (κ1) is 82.6. The van der Waals surface area contributed by atoms with Gasteiger partial charge in [-0.3, -0.25) is 18.6 Å². The van der Waals surface area contributed by atoms with Crippen LogP contribution >= 0.6 is 7.82 Å². The summed E-state index contributed by atoms with van der Waals surface area (Å²) in [4.78, 5) is 35.4. The lowest BCUT2D eigenvalue weighted by molar-refractivity contribution is -0.161. The van der Waals surface area contributed by atoms with Gasteiger partial charge in [-0.1, -0.05) is 307 Å². The van der Waals surface area contributed by atoms with Crippen LogP contribution in [0.15, 0.2) is 158 Å². The maximum Gasteiger partial charge on any atom is 0.472 e. The van der Waals surface area contributed by atoms with Gasteiger partial charge in [-0.25, -0.2) is 4.57 Å². The Morgan fingerprint density at radius 2 is 0.598 bits per heavy atom. The number of phosphoric acid groups is 1. The third-order valence-corrected chi connectivity index (χ3v) is 15.4. The number of carbonyl (C=O) groups is 2. The van der Waals surface area contributed by atoms with Gasteiger partial charge < -0.3 is 20.1 Å². The number of nitrogens with two attached hydrogens (primary N) is 1. The van der Waals surface area contributed by atoms with Gasteiger partial charge in [-0.05, 0) is 122 Å². The van der Waals surface area contributed by atoms with E-state index >= 15 is 0 Å². The molecule has 0 rings (SSSR count). The van der Waals surface area contributed by atoms with Gasteiger partial charge in [0.05, 0.1) is 13.2 Å². The second-order valence-electron chi connectivity index (χ2n) is 22.6. The predicted octanol–water partition coefficient (Wildman–Crippen LogP) is 23.2. The molecule has 0 aromatic heterocycles. The van der Waals surface area contributed by atoms with Crippen molar-refractivity contribution < 1.29 is 37.6 Å². The van der Waals surface area contributed by atoms with Crippen molar-refractivity contribution in [3.05, 3.63) is 158 Å². The third-order valence-electron chi connectivity index (χ3n) is 14.4. The number of allylic oxidation sites excluding steroid dienone is 26. The van der Waals surface area contributed by atoms with Gasteiger partial charge in [0.25, 0.3) is 0 Å². The van der Waals surface area contributed by atoms with Crippen LogP contribution in [0.3, 0.4) is 0 Å². The molecule has 0 spiro atoms. The van der Waals surface area contributed by atoms with Crippen LogP contribution in [0.4, 0.5) is 0 Å². The van der Waals surface area contributed by atoms with Gasteiger partial charge in [0, 0.05) is 19.4 Å². The molecule has 2 unspecified atom stereocenters. The number of unbranched alkanes of at least 4 members (excludes halogenated alkanes) is 25. The fourth-order valence-corrected chi connectivity index (χ4v) is 10.1. The highest BCUT2D eigenvalue weighted by Crippen LogP contribution is 2.43. The summed E-state index contributed by atoms with van der Waals surface area (Å²) >= 11 is 0. The Hall–Kier alpha value is -4.37.